The van der Waals surface area contributed by atoms with Gasteiger partial charge in [0.05, 0.1) is 12.2 Å². The third kappa shape index (κ3) is 4.42. The van der Waals surface area contributed by atoms with Crippen LogP contribution >= 0.6 is 0 Å². The molecule has 0 amide bonds. The van der Waals surface area contributed by atoms with Crippen molar-refractivity contribution in [1.29, 1.82) is 0 Å². The van der Waals surface area contributed by atoms with Crippen molar-refractivity contribution >= 4 is 23.9 Å². The molecule has 0 radical (unpaired) electrons. The Hall–Kier alpha value is -2.16. The van der Waals surface area contributed by atoms with Crippen LogP contribution in [0.15, 0.2) is 0 Å². The Kier molecular flexibility index (Phi) is 6.30. The first-order chi connectivity index (χ1) is 9.44. The fourth-order valence-electron chi connectivity index (χ4n) is 1.38. The van der Waals surface area contributed by atoms with Crippen molar-refractivity contribution in [3.8, 4) is 0 Å². The van der Waals surface area contributed by atoms with Crippen LogP contribution in [-0.2, 0) is 28.7 Å². The second-order valence-corrected chi connectivity index (χ2v) is 4.78. The summed E-state index contributed by atoms with van der Waals surface area (Å²) in [6, 6.07) is 0. The number of rotatable bonds is 7. The van der Waals surface area contributed by atoms with E-state index >= 15 is 0 Å². The Morgan fingerprint density at radius 1 is 0.905 bits per heavy atom. The van der Waals surface area contributed by atoms with Gasteiger partial charge in [-0.2, -0.15) is 0 Å². The lowest BCUT2D eigenvalue weighted by molar-refractivity contribution is -0.201. The molecule has 0 aliphatic carbocycles. The van der Waals surface area contributed by atoms with E-state index in [2.05, 4.69) is 9.47 Å². The van der Waals surface area contributed by atoms with Gasteiger partial charge in [0, 0.05) is 0 Å². The van der Waals surface area contributed by atoms with Gasteiger partial charge in [0.2, 0.25) is 5.92 Å². The van der Waals surface area contributed by atoms with E-state index in [4.69, 9.17) is 10.2 Å². The van der Waals surface area contributed by atoms with Gasteiger partial charge < -0.3 is 24.8 Å². The Bertz CT molecular complexity index is 440. The molecular weight excluding hydrogens is 288 g/mol. The summed E-state index contributed by atoms with van der Waals surface area (Å²) < 4.78 is 9.10. The highest BCUT2D eigenvalue weighted by atomic mass is 16.6. The Labute approximate surface area is 120 Å². The topological polar surface area (TPSA) is 147 Å². The fraction of sp³-hybridized carbons (Fsp3) is 0.667. The zero-order valence-corrected chi connectivity index (χ0v) is 12.0. The minimum absolute atomic E-state index is 0.765. The normalized spacial score (nSPS) is 15.2. The highest BCUT2D eigenvalue weighted by Gasteiger charge is 2.61. The van der Waals surface area contributed by atoms with Gasteiger partial charge in [0.1, 0.15) is 0 Å². The fourth-order valence-corrected chi connectivity index (χ4v) is 1.38. The van der Waals surface area contributed by atoms with Gasteiger partial charge in [-0.3, -0.25) is 9.59 Å². The molecule has 21 heavy (non-hydrogen) atoms. The summed E-state index contributed by atoms with van der Waals surface area (Å²) in [4.78, 5) is 45.7. The highest BCUT2D eigenvalue weighted by molar-refractivity contribution is 6.13. The van der Waals surface area contributed by atoms with Gasteiger partial charge in [-0.05, 0) is 27.7 Å². The van der Waals surface area contributed by atoms with Crippen molar-refractivity contribution < 1.29 is 44.0 Å². The van der Waals surface area contributed by atoms with Crippen molar-refractivity contribution in [1.82, 2.24) is 0 Å². The summed E-state index contributed by atoms with van der Waals surface area (Å²) in [5.41, 5.74) is -3.58. The number of carboxylic acids is 2. The van der Waals surface area contributed by atoms with Crippen molar-refractivity contribution in [2.75, 3.05) is 0 Å². The standard InChI is InChI=1S/C12H18O9/c1-5(2)20-9(15)7(8(13)14)12(19,10(16)17)11(18)21-6(3)4/h5-7,19H,1-4H3,(H,13,14)(H,16,17). The number of ether oxygens (including phenoxy) is 2. The molecule has 0 rings (SSSR count). The van der Waals surface area contributed by atoms with Crippen LogP contribution in [0.2, 0.25) is 0 Å². The molecule has 0 aromatic rings. The Balaban J connectivity index is 5.75. The number of aliphatic hydroxyl groups is 1. The van der Waals surface area contributed by atoms with E-state index in [0.29, 0.717) is 0 Å². The number of aliphatic carboxylic acids is 2. The number of hydrogen-bond acceptors (Lipinski definition) is 7. The molecule has 9 nitrogen and oxygen atoms in total. The minimum atomic E-state index is -3.58. The summed E-state index contributed by atoms with van der Waals surface area (Å²) in [6.45, 7) is 5.51. The maximum absolute atomic E-state index is 11.7. The molecular formula is C12H18O9. The third-order valence-electron chi connectivity index (χ3n) is 2.23. The largest absolute Gasteiger partial charge is 0.480 e. The lowest BCUT2D eigenvalue weighted by Crippen LogP contribution is -2.59. The first-order valence-corrected chi connectivity index (χ1v) is 6.04. The Morgan fingerprint density at radius 2 is 1.33 bits per heavy atom. The number of carboxylic acid groups (broad SMARTS) is 2. The first-order valence-electron chi connectivity index (χ1n) is 6.04. The van der Waals surface area contributed by atoms with Crippen LogP contribution in [0, 0.1) is 5.92 Å². The molecule has 0 heterocycles. The van der Waals surface area contributed by atoms with E-state index in [1.165, 1.54) is 27.7 Å². The number of carbonyl (C=O) groups excluding carboxylic acids is 2. The average Bonchev–Trinajstić information content (AvgIpc) is 2.25. The molecule has 0 aliphatic rings. The zero-order chi connectivity index (χ0) is 17.0. The van der Waals surface area contributed by atoms with Crippen molar-refractivity contribution in [2.24, 2.45) is 5.92 Å². The van der Waals surface area contributed by atoms with Crippen molar-refractivity contribution in [3.63, 3.8) is 0 Å². The predicted molar refractivity (Wildman–Crippen MR) is 66.2 cm³/mol. The summed E-state index contributed by atoms with van der Waals surface area (Å²) >= 11 is 0. The molecule has 0 aliphatic heterocycles. The second-order valence-electron chi connectivity index (χ2n) is 4.78. The van der Waals surface area contributed by atoms with Gasteiger partial charge in [0.25, 0.3) is 5.60 Å². The van der Waals surface area contributed by atoms with Crippen LogP contribution in [0.1, 0.15) is 27.7 Å². The molecule has 0 fully saturated rings. The molecule has 9 heteroatoms. The maximum atomic E-state index is 11.7. The molecule has 2 atom stereocenters. The van der Waals surface area contributed by atoms with Gasteiger partial charge >= 0.3 is 23.9 Å². The molecule has 2 unspecified atom stereocenters. The van der Waals surface area contributed by atoms with Crippen molar-refractivity contribution in [3.05, 3.63) is 0 Å². The maximum Gasteiger partial charge on any atom is 0.351 e. The number of hydrogen-bond donors (Lipinski definition) is 3. The molecule has 0 saturated carbocycles. The summed E-state index contributed by atoms with van der Waals surface area (Å²) in [7, 11) is 0. The highest BCUT2D eigenvalue weighted by Crippen LogP contribution is 2.24. The monoisotopic (exact) mass is 306 g/mol. The molecule has 0 aromatic heterocycles. The predicted octanol–water partition coefficient (Wildman–Crippen LogP) is -0.594. The van der Waals surface area contributed by atoms with E-state index in [1.54, 1.807) is 0 Å². The quantitative estimate of drug-likeness (QED) is 0.414. The molecule has 0 spiro atoms. The average molecular weight is 306 g/mol. The van der Waals surface area contributed by atoms with E-state index in [9.17, 15) is 24.3 Å². The molecule has 120 valence electrons. The third-order valence-corrected chi connectivity index (χ3v) is 2.23. The van der Waals surface area contributed by atoms with Crippen LogP contribution in [0.5, 0.6) is 0 Å². The zero-order valence-electron chi connectivity index (χ0n) is 12.0. The second kappa shape index (κ2) is 7.02. The Morgan fingerprint density at radius 3 is 1.62 bits per heavy atom. The smallest absolute Gasteiger partial charge is 0.351 e. The van der Waals surface area contributed by atoms with Crippen LogP contribution in [0.25, 0.3) is 0 Å². The SMILES string of the molecule is CC(C)OC(=O)C(C(=O)O)C(O)(C(=O)O)C(=O)OC(C)C. The van der Waals surface area contributed by atoms with E-state index in [-0.39, 0.29) is 0 Å². The van der Waals surface area contributed by atoms with Crippen LogP contribution in [0.3, 0.4) is 0 Å². The molecule has 3 N–H and O–H groups in total. The number of esters is 2. The van der Waals surface area contributed by atoms with Crippen molar-refractivity contribution in [2.45, 2.75) is 45.5 Å². The van der Waals surface area contributed by atoms with Crippen LogP contribution < -0.4 is 0 Å². The van der Waals surface area contributed by atoms with Gasteiger partial charge in [-0.25, -0.2) is 9.59 Å². The molecule has 0 saturated heterocycles. The van der Waals surface area contributed by atoms with Gasteiger partial charge in [0.15, 0.2) is 0 Å². The summed E-state index contributed by atoms with van der Waals surface area (Å²) in [5, 5.41) is 28.0. The van der Waals surface area contributed by atoms with E-state index in [0.717, 1.165) is 0 Å². The van der Waals surface area contributed by atoms with Crippen LogP contribution in [-0.4, -0.2) is 57.0 Å². The minimum Gasteiger partial charge on any atom is -0.480 e. The number of carbonyl (C=O) groups is 4. The molecule has 0 aromatic carbocycles. The van der Waals surface area contributed by atoms with E-state index < -0.39 is 47.6 Å². The lowest BCUT2D eigenvalue weighted by Gasteiger charge is -2.27. The summed E-state index contributed by atoms with van der Waals surface area (Å²) in [5.74, 6) is -10.2. The first kappa shape index (κ1) is 18.8. The summed E-state index contributed by atoms with van der Waals surface area (Å²) in [6.07, 6.45) is -1.59. The lowest BCUT2D eigenvalue weighted by atomic mass is 9.87. The van der Waals surface area contributed by atoms with Gasteiger partial charge in [-0.15, -0.1) is 0 Å². The molecule has 0 bridgehead atoms. The van der Waals surface area contributed by atoms with E-state index in [1.807, 2.05) is 0 Å². The van der Waals surface area contributed by atoms with Crippen LogP contribution in [0.4, 0.5) is 0 Å². The van der Waals surface area contributed by atoms with Gasteiger partial charge in [-0.1, -0.05) is 0 Å².